The number of hydrogen-bond acceptors (Lipinski definition) is 4. The molecule has 7 heteroatoms. The molecule has 1 atom stereocenters. The summed E-state index contributed by atoms with van der Waals surface area (Å²) in [6.07, 6.45) is 0.153. The van der Waals surface area contributed by atoms with E-state index in [1.165, 1.54) is 16.7 Å². The molecular weight excluding hydrogens is 512 g/mol. The fourth-order valence-corrected chi connectivity index (χ4v) is 5.19. The molecule has 168 valence electrons. The highest BCUT2D eigenvalue weighted by molar-refractivity contribution is 9.10. The van der Waals surface area contributed by atoms with Crippen LogP contribution < -0.4 is 10.2 Å². The van der Waals surface area contributed by atoms with Gasteiger partial charge in [0.05, 0.1) is 10.9 Å². The summed E-state index contributed by atoms with van der Waals surface area (Å²) in [6, 6.07) is 27.9. The van der Waals surface area contributed by atoms with Gasteiger partial charge in [0.1, 0.15) is 0 Å². The van der Waals surface area contributed by atoms with Crippen molar-refractivity contribution < 1.29 is 14.4 Å². The van der Waals surface area contributed by atoms with Crippen LogP contribution in [0.3, 0.4) is 0 Å². The first-order valence-electron chi connectivity index (χ1n) is 10.7. The topological polar surface area (TPSA) is 66.5 Å². The normalized spacial score (nSPS) is 15.7. The van der Waals surface area contributed by atoms with Crippen LogP contribution in [0, 0.1) is 0 Å². The number of nitrogens with one attached hydrogen (secondary N) is 1. The first kappa shape index (κ1) is 22.4. The Morgan fingerprint density at radius 1 is 0.882 bits per heavy atom. The van der Waals surface area contributed by atoms with Crippen molar-refractivity contribution in [2.75, 3.05) is 10.2 Å². The van der Waals surface area contributed by atoms with Gasteiger partial charge in [0.15, 0.2) is 0 Å². The molecule has 4 aromatic carbocycles. The third-order valence-electron chi connectivity index (χ3n) is 5.59. The maximum absolute atomic E-state index is 12.9. The molecule has 34 heavy (non-hydrogen) atoms. The molecule has 1 saturated heterocycles. The Morgan fingerprint density at radius 2 is 1.59 bits per heavy atom. The van der Waals surface area contributed by atoms with Crippen LogP contribution >= 0.6 is 27.7 Å². The second-order valence-electron chi connectivity index (χ2n) is 7.89. The summed E-state index contributed by atoms with van der Waals surface area (Å²) in [5, 5.41) is 4.53. The van der Waals surface area contributed by atoms with Gasteiger partial charge in [-0.25, -0.2) is 4.90 Å². The molecule has 0 aliphatic carbocycles. The molecular formula is C27H19BrN2O3S. The zero-order valence-electron chi connectivity index (χ0n) is 17.9. The Hall–Kier alpha value is -3.42. The number of carbonyl (C=O) groups excluding carboxylic acids is 3. The van der Waals surface area contributed by atoms with Crippen molar-refractivity contribution in [2.24, 2.45) is 0 Å². The van der Waals surface area contributed by atoms with Crippen molar-refractivity contribution in [1.29, 1.82) is 0 Å². The highest BCUT2D eigenvalue weighted by Gasteiger charge is 2.40. The summed E-state index contributed by atoms with van der Waals surface area (Å²) in [5.41, 5.74) is 1.82. The van der Waals surface area contributed by atoms with Crippen molar-refractivity contribution >= 4 is 67.6 Å². The number of thioether (sulfide) groups is 1. The standard InChI is InChI=1S/C27H19BrN2O3S/c28-20-7-11-22(12-8-20)30-25(31)16-24(27(30)33)34-23-13-9-21(10-14-23)29-26(32)19-6-5-17-3-1-2-4-18(17)15-19/h1-15,24H,16H2,(H,29,32). The molecule has 1 N–H and O–H groups in total. The third-order valence-corrected chi connectivity index (χ3v) is 7.32. The predicted octanol–water partition coefficient (Wildman–Crippen LogP) is 6.28. The van der Waals surface area contributed by atoms with Crippen molar-refractivity contribution in [2.45, 2.75) is 16.6 Å². The van der Waals surface area contributed by atoms with E-state index in [4.69, 9.17) is 0 Å². The van der Waals surface area contributed by atoms with Gasteiger partial charge in [0, 0.05) is 27.0 Å². The van der Waals surface area contributed by atoms with E-state index in [0.29, 0.717) is 16.9 Å². The van der Waals surface area contributed by atoms with Crippen molar-refractivity contribution in [3.63, 3.8) is 0 Å². The van der Waals surface area contributed by atoms with Crippen LogP contribution in [0.5, 0.6) is 0 Å². The Labute approximate surface area is 209 Å². The SMILES string of the molecule is O=C(Nc1ccc(SC2CC(=O)N(c3ccc(Br)cc3)C2=O)cc1)c1ccc2ccccc2c1. The highest BCUT2D eigenvalue weighted by atomic mass is 79.9. The summed E-state index contributed by atoms with van der Waals surface area (Å²) in [4.78, 5) is 40.2. The van der Waals surface area contributed by atoms with E-state index in [9.17, 15) is 14.4 Å². The summed E-state index contributed by atoms with van der Waals surface area (Å²) in [6.45, 7) is 0. The minimum Gasteiger partial charge on any atom is -0.322 e. The van der Waals surface area contributed by atoms with Crippen LogP contribution in [0.25, 0.3) is 10.8 Å². The zero-order chi connectivity index (χ0) is 23.7. The fraction of sp³-hybridized carbons (Fsp3) is 0.0741. The zero-order valence-corrected chi connectivity index (χ0v) is 20.3. The fourth-order valence-electron chi connectivity index (χ4n) is 3.87. The molecule has 0 bridgehead atoms. The molecule has 0 radical (unpaired) electrons. The quantitative estimate of drug-likeness (QED) is 0.308. The Bertz CT molecular complexity index is 1400. The van der Waals surface area contributed by atoms with Gasteiger partial charge in [-0.15, -0.1) is 11.8 Å². The van der Waals surface area contributed by atoms with Crippen LogP contribution in [-0.2, 0) is 9.59 Å². The molecule has 0 saturated carbocycles. The monoisotopic (exact) mass is 530 g/mol. The number of halogens is 1. The molecule has 5 nitrogen and oxygen atoms in total. The predicted molar refractivity (Wildman–Crippen MR) is 139 cm³/mol. The van der Waals surface area contributed by atoms with Crippen molar-refractivity contribution in [3.05, 3.63) is 101 Å². The lowest BCUT2D eigenvalue weighted by atomic mass is 10.1. The number of rotatable bonds is 5. The lowest BCUT2D eigenvalue weighted by Crippen LogP contribution is -2.31. The first-order chi connectivity index (χ1) is 16.5. The van der Waals surface area contributed by atoms with Gasteiger partial charge >= 0.3 is 0 Å². The average molecular weight is 531 g/mol. The second kappa shape index (κ2) is 9.44. The van der Waals surface area contributed by atoms with Gasteiger partial charge in [0.2, 0.25) is 11.8 Å². The lowest BCUT2D eigenvalue weighted by molar-refractivity contribution is -0.121. The van der Waals surface area contributed by atoms with Gasteiger partial charge in [-0.2, -0.15) is 0 Å². The van der Waals surface area contributed by atoms with Gasteiger partial charge in [-0.05, 0) is 71.4 Å². The van der Waals surface area contributed by atoms with Gasteiger partial charge in [0.25, 0.3) is 5.91 Å². The second-order valence-corrected chi connectivity index (χ2v) is 10.1. The number of nitrogens with zero attached hydrogens (tertiary/aromatic N) is 1. The minimum absolute atomic E-state index is 0.153. The maximum atomic E-state index is 12.9. The minimum atomic E-state index is -0.478. The molecule has 3 amide bonds. The largest absolute Gasteiger partial charge is 0.322 e. The third kappa shape index (κ3) is 4.62. The van der Waals surface area contributed by atoms with Crippen molar-refractivity contribution in [3.8, 4) is 0 Å². The van der Waals surface area contributed by atoms with Crippen LogP contribution in [0.4, 0.5) is 11.4 Å². The Morgan fingerprint density at radius 3 is 2.32 bits per heavy atom. The number of hydrogen-bond donors (Lipinski definition) is 1. The summed E-state index contributed by atoms with van der Waals surface area (Å²) < 4.78 is 0.883. The maximum Gasteiger partial charge on any atom is 0.255 e. The van der Waals surface area contributed by atoms with E-state index >= 15 is 0 Å². The van der Waals surface area contributed by atoms with Gasteiger partial charge in [-0.3, -0.25) is 14.4 Å². The van der Waals surface area contributed by atoms with E-state index in [1.54, 1.807) is 36.4 Å². The summed E-state index contributed by atoms with van der Waals surface area (Å²) >= 11 is 4.72. The van der Waals surface area contributed by atoms with E-state index in [0.717, 1.165) is 20.1 Å². The summed E-state index contributed by atoms with van der Waals surface area (Å²) in [7, 11) is 0. The van der Waals surface area contributed by atoms with Crippen LogP contribution in [0.2, 0.25) is 0 Å². The number of anilines is 2. The number of amides is 3. The average Bonchev–Trinajstić information content (AvgIpc) is 3.13. The molecule has 1 aliphatic rings. The highest BCUT2D eigenvalue weighted by Crippen LogP contribution is 2.34. The van der Waals surface area contributed by atoms with Gasteiger partial charge < -0.3 is 5.32 Å². The van der Waals surface area contributed by atoms with Crippen LogP contribution in [0.15, 0.2) is 100 Å². The molecule has 1 heterocycles. The first-order valence-corrected chi connectivity index (χ1v) is 12.3. The lowest BCUT2D eigenvalue weighted by Gasteiger charge is -2.15. The van der Waals surface area contributed by atoms with E-state index in [-0.39, 0.29) is 24.1 Å². The Kier molecular flexibility index (Phi) is 6.22. The molecule has 4 aromatic rings. The van der Waals surface area contributed by atoms with Crippen LogP contribution in [0.1, 0.15) is 16.8 Å². The van der Waals surface area contributed by atoms with E-state index < -0.39 is 5.25 Å². The van der Waals surface area contributed by atoms with E-state index in [1.807, 2.05) is 54.6 Å². The van der Waals surface area contributed by atoms with E-state index in [2.05, 4.69) is 21.2 Å². The summed E-state index contributed by atoms with van der Waals surface area (Å²) in [5.74, 6) is -0.608. The molecule has 0 aromatic heterocycles. The molecule has 1 fully saturated rings. The number of fused-ring (bicyclic) bond motifs is 1. The molecule has 5 rings (SSSR count). The van der Waals surface area contributed by atoms with Gasteiger partial charge in [-0.1, -0.05) is 46.3 Å². The number of benzene rings is 4. The smallest absolute Gasteiger partial charge is 0.255 e. The molecule has 1 unspecified atom stereocenters. The van der Waals surface area contributed by atoms with Crippen LogP contribution in [-0.4, -0.2) is 23.0 Å². The Balaban J connectivity index is 1.24. The van der Waals surface area contributed by atoms with Crippen molar-refractivity contribution in [1.82, 2.24) is 0 Å². The molecule has 0 spiro atoms. The number of imide groups is 1. The molecule has 1 aliphatic heterocycles. The number of carbonyl (C=O) groups is 3.